The summed E-state index contributed by atoms with van der Waals surface area (Å²) in [4.78, 5) is 12.4. The van der Waals surface area contributed by atoms with Gasteiger partial charge in [0.05, 0.1) is 0 Å². The van der Waals surface area contributed by atoms with E-state index < -0.39 is 0 Å². The highest BCUT2D eigenvalue weighted by Gasteiger charge is 2.17. The molecule has 0 amide bonds. The van der Waals surface area contributed by atoms with Gasteiger partial charge in [0.2, 0.25) is 0 Å². The molecule has 0 aliphatic carbocycles. The van der Waals surface area contributed by atoms with Crippen LogP contribution < -0.4 is 0 Å². The zero-order valence-electron chi connectivity index (χ0n) is 11.9. The first kappa shape index (κ1) is 14.3. The van der Waals surface area contributed by atoms with Crippen LogP contribution in [0.3, 0.4) is 0 Å². The van der Waals surface area contributed by atoms with Crippen LogP contribution in [0.15, 0.2) is 72.8 Å². The Labute approximate surface area is 121 Å². The van der Waals surface area contributed by atoms with E-state index in [4.69, 9.17) is 0 Å². The van der Waals surface area contributed by atoms with Gasteiger partial charge in [-0.15, -0.1) is 6.58 Å². The van der Waals surface area contributed by atoms with Gasteiger partial charge >= 0.3 is 0 Å². The summed E-state index contributed by atoms with van der Waals surface area (Å²) in [7, 11) is 0. The zero-order chi connectivity index (χ0) is 14.4. The molecule has 2 rings (SSSR count). The van der Waals surface area contributed by atoms with E-state index in [0.29, 0.717) is 6.42 Å². The van der Waals surface area contributed by atoms with Crippen LogP contribution in [0.2, 0.25) is 0 Å². The van der Waals surface area contributed by atoms with Crippen molar-refractivity contribution in [3.63, 3.8) is 0 Å². The molecule has 0 saturated heterocycles. The average molecular weight is 264 g/mol. The Kier molecular flexibility index (Phi) is 4.89. The van der Waals surface area contributed by atoms with Crippen molar-refractivity contribution in [3.05, 3.63) is 83.9 Å². The van der Waals surface area contributed by atoms with Crippen LogP contribution in [-0.4, -0.2) is 5.78 Å². The fourth-order valence-electron chi connectivity index (χ4n) is 2.42. The van der Waals surface area contributed by atoms with Crippen LogP contribution in [0.4, 0.5) is 0 Å². The number of benzene rings is 2. The van der Waals surface area contributed by atoms with Gasteiger partial charge in [0.25, 0.3) is 0 Å². The first-order chi connectivity index (χ1) is 9.66. The Morgan fingerprint density at radius 1 is 0.950 bits per heavy atom. The van der Waals surface area contributed by atoms with E-state index in [9.17, 15) is 4.79 Å². The number of carbonyl (C=O) groups excluding carboxylic acids is 1. The van der Waals surface area contributed by atoms with Gasteiger partial charge in [-0.2, -0.15) is 0 Å². The van der Waals surface area contributed by atoms with Crippen LogP contribution in [0.5, 0.6) is 0 Å². The summed E-state index contributed by atoms with van der Waals surface area (Å²) in [6.45, 7) is 6.01. The van der Waals surface area contributed by atoms with Gasteiger partial charge in [-0.1, -0.05) is 66.2 Å². The summed E-state index contributed by atoms with van der Waals surface area (Å²) >= 11 is 0. The summed E-state index contributed by atoms with van der Waals surface area (Å²) in [6.07, 6.45) is 1.38. The second-order valence-corrected chi connectivity index (χ2v) is 5.26. The van der Waals surface area contributed by atoms with Gasteiger partial charge in [-0.25, -0.2) is 0 Å². The van der Waals surface area contributed by atoms with Gasteiger partial charge in [0.15, 0.2) is 5.78 Å². The van der Waals surface area contributed by atoms with E-state index in [0.717, 1.165) is 17.6 Å². The first-order valence-corrected chi connectivity index (χ1v) is 6.94. The second kappa shape index (κ2) is 6.85. The van der Waals surface area contributed by atoms with Gasteiger partial charge in [0, 0.05) is 12.0 Å². The van der Waals surface area contributed by atoms with Crippen molar-refractivity contribution < 1.29 is 4.79 Å². The Bertz CT molecular complexity index is 569. The summed E-state index contributed by atoms with van der Waals surface area (Å²) in [5, 5.41) is 0. The minimum atomic E-state index is 0.195. The zero-order valence-corrected chi connectivity index (χ0v) is 11.9. The van der Waals surface area contributed by atoms with Crippen molar-refractivity contribution in [1.29, 1.82) is 0 Å². The molecule has 0 heterocycles. The molecule has 1 heteroatoms. The van der Waals surface area contributed by atoms with E-state index in [2.05, 4.69) is 18.7 Å². The molecule has 0 saturated carbocycles. The highest BCUT2D eigenvalue weighted by atomic mass is 16.1. The molecule has 0 aliphatic heterocycles. The molecule has 0 fully saturated rings. The third-order valence-electron chi connectivity index (χ3n) is 3.39. The van der Waals surface area contributed by atoms with Crippen molar-refractivity contribution in [3.8, 4) is 0 Å². The van der Waals surface area contributed by atoms with E-state index >= 15 is 0 Å². The van der Waals surface area contributed by atoms with Crippen LogP contribution in [0.1, 0.15) is 41.6 Å². The number of ketones is 1. The first-order valence-electron chi connectivity index (χ1n) is 6.94. The Balaban J connectivity index is 2.16. The Hall–Kier alpha value is -2.15. The minimum absolute atomic E-state index is 0.195. The molecule has 1 unspecified atom stereocenters. The molecule has 0 aromatic heterocycles. The van der Waals surface area contributed by atoms with Gasteiger partial charge in [-0.3, -0.25) is 4.79 Å². The molecule has 0 spiro atoms. The topological polar surface area (TPSA) is 17.1 Å². The van der Waals surface area contributed by atoms with Crippen molar-refractivity contribution in [2.45, 2.75) is 25.7 Å². The van der Waals surface area contributed by atoms with E-state index in [1.165, 1.54) is 5.56 Å². The van der Waals surface area contributed by atoms with Gasteiger partial charge in [-0.05, 0) is 24.8 Å². The van der Waals surface area contributed by atoms with Crippen LogP contribution in [0.25, 0.3) is 0 Å². The number of Topliss-reactive ketones (excluding diaryl/α,β-unsaturated/α-hetero) is 1. The quantitative estimate of drug-likeness (QED) is 0.529. The number of allylic oxidation sites excluding steroid dienone is 1. The summed E-state index contributed by atoms with van der Waals surface area (Å²) in [6, 6.07) is 19.7. The lowest BCUT2D eigenvalue weighted by atomic mass is 9.87. The number of hydrogen-bond acceptors (Lipinski definition) is 1. The SMILES string of the molecule is C=C(C)CC(CC(=O)c1ccccc1)c1ccccc1. The normalized spacial score (nSPS) is 11.8. The number of hydrogen-bond donors (Lipinski definition) is 0. The van der Waals surface area contributed by atoms with Gasteiger partial charge < -0.3 is 0 Å². The third kappa shape index (κ3) is 3.92. The second-order valence-electron chi connectivity index (χ2n) is 5.26. The fraction of sp³-hybridized carbons (Fsp3) is 0.211. The fourth-order valence-corrected chi connectivity index (χ4v) is 2.42. The van der Waals surface area contributed by atoms with Crippen LogP contribution in [-0.2, 0) is 0 Å². The Morgan fingerprint density at radius 3 is 2.05 bits per heavy atom. The minimum Gasteiger partial charge on any atom is -0.294 e. The molecule has 2 aromatic rings. The lowest BCUT2D eigenvalue weighted by Crippen LogP contribution is -2.08. The Morgan fingerprint density at radius 2 is 1.50 bits per heavy atom. The van der Waals surface area contributed by atoms with E-state index in [-0.39, 0.29) is 11.7 Å². The lowest BCUT2D eigenvalue weighted by molar-refractivity contribution is 0.0973. The summed E-state index contributed by atoms with van der Waals surface area (Å²) in [5.41, 5.74) is 3.11. The third-order valence-corrected chi connectivity index (χ3v) is 3.39. The number of rotatable bonds is 6. The predicted molar refractivity (Wildman–Crippen MR) is 84.0 cm³/mol. The van der Waals surface area contributed by atoms with Crippen LogP contribution >= 0.6 is 0 Å². The van der Waals surface area contributed by atoms with Crippen LogP contribution in [0, 0.1) is 0 Å². The van der Waals surface area contributed by atoms with Crippen molar-refractivity contribution in [2.24, 2.45) is 0 Å². The molecule has 0 radical (unpaired) electrons. The molecular formula is C19H20O. The van der Waals surface area contributed by atoms with Crippen molar-refractivity contribution in [1.82, 2.24) is 0 Å². The maximum absolute atomic E-state index is 12.4. The predicted octanol–water partition coefficient (Wildman–Crippen LogP) is 5.01. The summed E-state index contributed by atoms with van der Waals surface area (Å²) in [5.74, 6) is 0.405. The lowest BCUT2D eigenvalue weighted by Gasteiger charge is -2.17. The molecule has 20 heavy (non-hydrogen) atoms. The van der Waals surface area contributed by atoms with E-state index in [1.807, 2.05) is 55.5 Å². The van der Waals surface area contributed by atoms with Crippen molar-refractivity contribution in [2.75, 3.05) is 0 Å². The highest BCUT2D eigenvalue weighted by molar-refractivity contribution is 5.96. The molecule has 1 atom stereocenters. The largest absolute Gasteiger partial charge is 0.294 e. The van der Waals surface area contributed by atoms with Gasteiger partial charge in [0.1, 0.15) is 0 Å². The molecule has 102 valence electrons. The smallest absolute Gasteiger partial charge is 0.163 e. The molecule has 2 aromatic carbocycles. The highest BCUT2D eigenvalue weighted by Crippen LogP contribution is 2.27. The van der Waals surface area contributed by atoms with Crippen molar-refractivity contribution >= 4 is 5.78 Å². The molecular weight excluding hydrogens is 244 g/mol. The maximum atomic E-state index is 12.4. The molecule has 0 bridgehead atoms. The standard InChI is InChI=1S/C19H20O/c1-15(2)13-18(16-9-5-3-6-10-16)14-19(20)17-11-7-4-8-12-17/h3-12,18H,1,13-14H2,2H3. The monoisotopic (exact) mass is 264 g/mol. The van der Waals surface area contributed by atoms with E-state index in [1.54, 1.807) is 0 Å². The molecule has 0 N–H and O–H groups in total. The molecule has 0 aliphatic rings. The average Bonchev–Trinajstić information content (AvgIpc) is 2.48. The molecule has 1 nitrogen and oxygen atoms in total. The number of carbonyl (C=O) groups is 1. The summed E-state index contributed by atoms with van der Waals surface area (Å²) < 4.78 is 0. The maximum Gasteiger partial charge on any atom is 0.163 e.